The van der Waals surface area contributed by atoms with E-state index in [2.05, 4.69) is 32.0 Å². The van der Waals surface area contributed by atoms with Crippen LogP contribution in [-0.4, -0.2) is 82.7 Å². The number of pyridine rings is 1. The first kappa shape index (κ1) is 23.1. The predicted octanol–water partition coefficient (Wildman–Crippen LogP) is 3.06. The zero-order valence-corrected chi connectivity index (χ0v) is 20.1. The number of hydrazine groups is 1. The Bertz CT molecular complexity index is 1120. The summed E-state index contributed by atoms with van der Waals surface area (Å²) in [5.41, 5.74) is 3.49. The smallest absolute Gasteiger partial charge is 0.317 e. The number of nitrogens with one attached hydrogen (secondary N) is 1. The lowest BCUT2D eigenvalue weighted by Crippen LogP contribution is -2.51. The Balaban J connectivity index is 1.20. The largest absolute Gasteiger partial charge is 0.337 e. The van der Waals surface area contributed by atoms with Crippen molar-refractivity contribution in [2.45, 2.75) is 18.8 Å². The minimum Gasteiger partial charge on any atom is -0.337 e. The molecule has 0 aliphatic carbocycles. The number of urea groups is 1. The molecule has 9 heteroatoms. The number of hydrogen-bond donors (Lipinski definition) is 2. The molecule has 2 aliphatic rings. The molecule has 2 fully saturated rings. The van der Waals surface area contributed by atoms with Gasteiger partial charge in [0.15, 0.2) is 0 Å². The van der Waals surface area contributed by atoms with Gasteiger partial charge in [-0.25, -0.2) is 9.80 Å². The second-order valence-corrected chi connectivity index (χ2v) is 9.63. The molecule has 180 valence electrons. The van der Waals surface area contributed by atoms with Crippen LogP contribution >= 0.6 is 11.6 Å². The standard InChI is InChI=1S/C25H32ClN7O/c26-20-1-3-21(4-2-20)33-18-23(22-5-8-28-17-24(22)33)19-6-10-31(11-7-19)25(34)29-9-12-30-13-15-32(27)16-14-30/h1-5,8,17-19H,6-7,9-16,27H2,(H,29,34). The van der Waals surface area contributed by atoms with E-state index >= 15 is 0 Å². The van der Waals surface area contributed by atoms with Crippen molar-refractivity contribution < 1.29 is 4.79 Å². The first-order valence-electron chi connectivity index (χ1n) is 12.0. The summed E-state index contributed by atoms with van der Waals surface area (Å²) in [6, 6.07) is 10.0. The second-order valence-electron chi connectivity index (χ2n) is 9.19. The Labute approximate surface area is 205 Å². The first-order chi connectivity index (χ1) is 16.6. The fourth-order valence-corrected chi connectivity index (χ4v) is 5.18. The van der Waals surface area contributed by atoms with Gasteiger partial charge in [0.1, 0.15) is 0 Å². The van der Waals surface area contributed by atoms with Crippen LogP contribution in [0.5, 0.6) is 0 Å². The number of piperazine rings is 1. The minimum atomic E-state index is 0.0451. The summed E-state index contributed by atoms with van der Waals surface area (Å²) in [5, 5.41) is 6.90. The van der Waals surface area contributed by atoms with E-state index in [1.165, 1.54) is 10.9 Å². The summed E-state index contributed by atoms with van der Waals surface area (Å²) in [7, 11) is 0. The molecular weight excluding hydrogens is 450 g/mol. The number of hydrogen-bond acceptors (Lipinski definition) is 5. The molecule has 0 spiro atoms. The SMILES string of the molecule is NN1CCN(CCNC(=O)N2CCC(c3cn(-c4ccc(Cl)cc4)c4cnccc34)CC2)CC1. The highest BCUT2D eigenvalue weighted by atomic mass is 35.5. The molecule has 0 radical (unpaired) electrons. The molecule has 1 aromatic carbocycles. The molecule has 2 saturated heterocycles. The van der Waals surface area contributed by atoms with Crippen LogP contribution < -0.4 is 11.2 Å². The highest BCUT2D eigenvalue weighted by molar-refractivity contribution is 6.30. The van der Waals surface area contributed by atoms with E-state index in [4.69, 9.17) is 17.4 Å². The van der Waals surface area contributed by atoms with Crippen LogP contribution in [-0.2, 0) is 0 Å². The molecule has 3 aromatic rings. The van der Waals surface area contributed by atoms with Gasteiger partial charge in [-0.05, 0) is 54.7 Å². The summed E-state index contributed by atoms with van der Waals surface area (Å²) in [5.74, 6) is 6.22. The normalized spacial score (nSPS) is 18.5. The Morgan fingerprint density at radius 1 is 1.06 bits per heavy atom. The number of carbonyl (C=O) groups is 1. The number of amides is 2. The number of carbonyl (C=O) groups excluding carboxylic acids is 1. The molecule has 0 bridgehead atoms. The van der Waals surface area contributed by atoms with Gasteiger partial charge in [0, 0.05) is 80.8 Å². The van der Waals surface area contributed by atoms with Gasteiger partial charge in [-0.1, -0.05) is 11.6 Å². The number of likely N-dealkylation sites (tertiary alicyclic amines) is 1. The number of halogens is 1. The summed E-state index contributed by atoms with van der Waals surface area (Å²) in [6.07, 6.45) is 7.91. The molecule has 0 unspecified atom stereocenters. The van der Waals surface area contributed by atoms with Gasteiger partial charge in [-0.2, -0.15) is 0 Å². The predicted molar refractivity (Wildman–Crippen MR) is 135 cm³/mol. The average molecular weight is 482 g/mol. The van der Waals surface area contributed by atoms with Crippen molar-refractivity contribution in [2.75, 3.05) is 52.4 Å². The maximum atomic E-state index is 12.7. The van der Waals surface area contributed by atoms with Gasteiger partial charge in [0.2, 0.25) is 0 Å². The molecule has 3 N–H and O–H groups in total. The van der Waals surface area contributed by atoms with Crippen molar-refractivity contribution in [2.24, 2.45) is 5.84 Å². The minimum absolute atomic E-state index is 0.0451. The number of aromatic nitrogens is 2. The number of nitrogens with two attached hydrogens (primary N) is 1. The molecule has 2 amide bonds. The molecule has 2 aromatic heterocycles. The van der Waals surface area contributed by atoms with E-state index < -0.39 is 0 Å². The second kappa shape index (κ2) is 10.3. The van der Waals surface area contributed by atoms with Gasteiger partial charge >= 0.3 is 6.03 Å². The third kappa shape index (κ3) is 5.05. The number of nitrogens with zero attached hydrogens (tertiary/aromatic N) is 5. The maximum Gasteiger partial charge on any atom is 0.317 e. The molecule has 0 saturated carbocycles. The lowest BCUT2D eigenvalue weighted by atomic mass is 9.89. The fraction of sp³-hybridized carbons (Fsp3) is 0.440. The monoisotopic (exact) mass is 481 g/mol. The van der Waals surface area contributed by atoms with Crippen LogP contribution in [0.1, 0.15) is 24.3 Å². The van der Waals surface area contributed by atoms with E-state index in [9.17, 15) is 4.79 Å². The summed E-state index contributed by atoms with van der Waals surface area (Å²) < 4.78 is 2.19. The Morgan fingerprint density at radius 2 is 1.79 bits per heavy atom. The lowest BCUT2D eigenvalue weighted by molar-refractivity contribution is 0.133. The number of piperidine rings is 1. The van der Waals surface area contributed by atoms with Crippen LogP contribution in [0.4, 0.5) is 4.79 Å². The van der Waals surface area contributed by atoms with E-state index in [0.717, 1.165) is 74.9 Å². The Kier molecular flexibility index (Phi) is 7.01. The first-order valence-corrected chi connectivity index (χ1v) is 12.4. The lowest BCUT2D eigenvalue weighted by Gasteiger charge is -2.33. The highest BCUT2D eigenvalue weighted by Crippen LogP contribution is 2.35. The van der Waals surface area contributed by atoms with Gasteiger partial charge in [-0.3, -0.25) is 15.7 Å². The van der Waals surface area contributed by atoms with Crippen molar-refractivity contribution in [1.29, 1.82) is 0 Å². The highest BCUT2D eigenvalue weighted by Gasteiger charge is 2.26. The van der Waals surface area contributed by atoms with E-state index in [1.54, 1.807) is 0 Å². The summed E-state index contributed by atoms with van der Waals surface area (Å²) in [6.45, 7) is 6.74. The zero-order valence-electron chi connectivity index (χ0n) is 19.4. The molecule has 4 heterocycles. The zero-order chi connectivity index (χ0) is 23.5. The molecule has 2 aliphatic heterocycles. The fourth-order valence-electron chi connectivity index (χ4n) is 5.05. The van der Waals surface area contributed by atoms with Crippen LogP contribution in [0.15, 0.2) is 48.9 Å². The number of benzene rings is 1. The Hall–Kier alpha value is -2.65. The van der Waals surface area contributed by atoms with Crippen molar-refractivity contribution >= 4 is 28.5 Å². The van der Waals surface area contributed by atoms with Crippen molar-refractivity contribution in [3.63, 3.8) is 0 Å². The van der Waals surface area contributed by atoms with Gasteiger partial charge < -0.3 is 14.8 Å². The van der Waals surface area contributed by atoms with Crippen molar-refractivity contribution in [1.82, 2.24) is 29.7 Å². The maximum absolute atomic E-state index is 12.7. The third-order valence-electron chi connectivity index (χ3n) is 7.08. The molecule has 5 rings (SSSR count). The summed E-state index contributed by atoms with van der Waals surface area (Å²) >= 11 is 6.09. The van der Waals surface area contributed by atoms with Crippen LogP contribution in [0, 0.1) is 0 Å². The van der Waals surface area contributed by atoms with Crippen LogP contribution in [0.3, 0.4) is 0 Å². The average Bonchev–Trinajstić information content (AvgIpc) is 3.25. The van der Waals surface area contributed by atoms with Crippen LogP contribution in [0.25, 0.3) is 16.6 Å². The summed E-state index contributed by atoms with van der Waals surface area (Å²) in [4.78, 5) is 21.4. The van der Waals surface area contributed by atoms with Gasteiger partial charge in [-0.15, -0.1) is 0 Å². The Morgan fingerprint density at radius 3 is 2.53 bits per heavy atom. The van der Waals surface area contributed by atoms with Crippen LogP contribution in [0.2, 0.25) is 5.02 Å². The molecule has 8 nitrogen and oxygen atoms in total. The number of rotatable bonds is 5. The van der Waals surface area contributed by atoms with Crippen molar-refractivity contribution in [3.05, 3.63) is 59.5 Å². The van der Waals surface area contributed by atoms with Gasteiger partial charge in [0.05, 0.1) is 11.7 Å². The topological polar surface area (TPSA) is 82.7 Å². The molecular formula is C25H32ClN7O. The van der Waals surface area contributed by atoms with E-state index in [0.29, 0.717) is 12.5 Å². The van der Waals surface area contributed by atoms with Crippen molar-refractivity contribution in [3.8, 4) is 5.69 Å². The number of fused-ring (bicyclic) bond motifs is 1. The third-order valence-corrected chi connectivity index (χ3v) is 7.33. The van der Waals surface area contributed by atoms with E-state index in [1.807, 2.05) is 46.6 Å². The molecule has 0 atom stereocenters. The molecule has 34 heavy (non-hydrogen) atoms. The quantitative estimate of drug-likeness (QED) is 0.547. The van der Waals surface area contributed by atoms with Gasteiger partial charge in [0.25, 0.3) is 0 Å². The van der Waals surface area contributed by atoms with E-state index in [-0.39, 0.29) is 6.03 Å².